The van der Waals surface area contributed by atoms with Crippen molar-refractivity contribution in [3.63, 3.8) is 0 Å². The lowest BCUT2D eigenvalue weighted by molar-refractivity contribution is -0.123. The fourth-order valence-electron chi connectivity index (χ4n) is 2.94. The van der Waals surface area contributed by atoms with Crippen LogP contribution < -0.4 is 16.0 Å². The summed E-state index contributed by atoms with van der Waals surface area (Å²) in [6.45, 7) is 1.99. The first-order chi connectivity index (χ1) is 13.3. The molecule has 1 aliphatic rings. The first-order valence-corrected chi connectivity index (χ1v) is 8.64. The number of carbonyl (C=O) groups is 4. The second-order valence-corrected chi connectivity index (χ2v) is 6.62. The van der Waals surface area contributed by atoms with Gasteiger partial charge in [0.2, 0.25) is 0 Å². The normalized spacial score (nSPS) is 18.3. The summed E-state index contributed by atoms with van der Waals surface area (Å²) in [5.41, 5.74) is 0.975. The number of hydrogen-bond acceptors (Lipinski definition) is 4. The van der Waals surface area contributed by atoms with E-state index in [1.165, 1.54) is 12.1 Å². The minimum atomic E-state index is -1.16. The number of urea groups is 1. The van der Waals surface area contributed by atoms with Gasteiger partial charge in [0.1, 0.15) is 5.54 Å². The summed E-state index contributed by atoms with van der Waals surface area (Å²) in [6.07, 6.45) is 0.563. The predicted molar refractivity (Wildman–Crippen MR) is 99.9 cm³/mol. The molecule has 4 amide bonds. The molecule has 1 heterocycles. The van der Waals surface area contributed by atoms with Crippen LogP contribution in [0.5, 0.6) is 0 Å². The Labute approximate surface area is 160 Å². The van der Waals surface area contributed by atoms with Gasteiger partial charge in [0, 0.05) is 12.1 Å². The van der Waals surface area contributed by atoms with E-state index >= 15 is 0 Å². The molecule has 0 radical (unpaired) electrons. The van der Waals surface area contributed by atoms with Crippen molar-refractivity contribution in [1.82, 2.24) is 16.0 Å². The molecule has 0 aromatic heterocycles. The maximum Gasteiger partial charge on any atom is 0.335 e. The van der Waals surface area contributed by atoms with E-state index in [-0.39, 0.29) is 11.5 Å². The van der Waals surface area contributed by atoms with E-state index in [0.29, 0.717) is 24.1 Å². The maximum atomic E-state index is 12.3. The number of benzene rings is 2. The van der Waals surface area contributed by atoms with Crippen molar-refractivity contribution in [3.8, 4) is 0 Å². The molecule has 8 heteroatoms. The molecular weight excluding hydrogens is 362 g/mol. The van der Waals surface area contributed by atoms with E-state index in [1.807, 2.05) is 0 Å². The van der Waals surface area contributed by atoms with E-state index in [0.717, 1.165) is 5.56 Å². The zero-order valence-electron chi connectivity index (χ0n) is 15.1. The van der Waals surface area contributed by atoms with Gasteiger partial charge in [-0.05, 0) is 48.7 Å². The first kappa shape index (κ1) is 19.1. The summed E-state index contributed by atoms with van der Waals surface area (Å²) in [4.78, 5) is 46.4. The van der Waals surface area contributed by atoms with Gasteiger partial charge >= 0.3 is 12.0 Å². The zero-order valence-corrected chi connectivity index (χ0v) is 15.1. The van der Waals surface area contributed by atoms with Gasteiger partial charge < -0.3 is 15.7 Å². The summed E-state index contributed by atoms with van der Waals surface area (Å²) < 4.78 is 0. The molecule has 3 rings (SSSR count). The molecule has 8 nitrogen and oxygen atoms in total. The number of carboxylic acid groups (broad SMARTS) is 1. The quantitative estimate of drug-likeness (QED) is 0.563. The minimum Gasteiger partial charge on any atom is -0.478 e. The second kappa shape index (κ2) is 7.51. The Morgan fingerprint density at radius 1 is 1.00 bits per heavy atom. The molecule has 0 aliphatic carbocycles. The topological polar surface area (TPSA) is 125 Å². The van der Waals surface area contributed by atoms with E-state index < -0.39 is 23.4 Å². The third-order valence-corrected chi connectivity index (χ3v) is 4.67. The smallest absolute Gasteiger partial charge is 0.335 e. The summed E-state index contributed by atoms with van der Waals surface area (Å²) in [5.74, 6) is -1.69. The zero-order chi connectivity index (χ0) is 20.3. The highest BCUT2D eigenvalue weighted by molar-refractivity contribution is 6.07. The molecular formula is C20H19N3O5. The van der Waals surface area contributed by atoms with Crippen molar-refractivity contribution in [2.24, 2.45) is 0 Å². The molecule has 144 valence electrons. The third kappa shape index (κ3) is 3.85. The molecule has 0 unspecified atom stereocenters. The number of aromatic carboxylic acids is 1. The van der Waals surface area contributed by atoms with Crippen LogP contribution in [0.25, 0.3) is 0 Å². The maximum absolute atomic E-state index is 12.3. The molecule has 2 aromatic rings. The second-order valence-electron chi connectivity index (χ2n) is 6.62. The molecule has 1 atom stereocenters. The van der Waals surface area contributed by atoms with Crippen LogP contribution in [0.15, 0.2) is 48.5 Å². The van der Waals surface area contributed by atoms with Gasteiger partial charge in [0.25, 0.3) is 11.8 Å². The SMILES string of the molecule is C[C@@]1(c2ccc(C(=O)NCCc3ccc(C(=O)O)cc3)cc2)NC(=O)NC1=O. The number of amides is 4. The fourth-order valence-corrected chi connectivity index (χ4v) is 2.94. The van der Waals surface area contributed by atoms with Crippen LogP contribution in [0.2, 0.25) is 0 Å². The van der Waals surface area contributed by atoms with E-state index in [1.54, 1.807) is 43.3 Å². The number of carboxylic acids is 1. The lowest BCUT2D eigenvalue weighted by Gasteiger charge is -2.21. The third-order valence-electron chi connectivity index (χ3n) is 4.67. The Morgan fingerprint density at radius 3 is 2.14 bits per heavy atom. The van der Waals surface area contributed by atoms with Crippen LogP contribution in [0.4, 0.5) is 4.79 Å². The number of rotatable bonds is 6. The lowest BCUT2D eigenvalue weighted by Crippen LogP contribution is -2.40. The highest BCUT2D eigenvalue weighted by atomic mass is 16.4. The van der Waals surface area contributed by atoms with Gasteiger partial charge in [-0.15, -0.1) is 0 Å². The van der Waals surface area contributed by atoms with Crippen molar-refractivity contribution in [2.75, 3.05) is 6.54 Å². The molecule has 0 saturated carbocycles. The molecule has 28 heavy (non-hydrogen) atoms. The standard InChI is InChI=1S/C20H19N3O5/c1-20(18(27)22-19(28)23-20)15-8-6-13(7-9-15)16(24)21-11-10-12-2-4-14(5-3-12)17(25)26/h2-9H,10-11H2,1H3,(H,21,24)(H,25,26)(H2,22,23,27,28)/t20-/m0/s1. The Hall–Kier alpha value is -3.68. The Balaban J connectivity index is 1.57. The van der Waals surface area contributed by atoms with Crippen molar-refractivity contribution in [3.05, 3.63) is 70.8 Å². The van der Waals surface area contributed by atoms with Gasteiger partial charge in [-0.25, -0.2) is 9.59 Å². The number of imide groups is 1. The Bertz CT molecular complexity index is 937. The molecule has 0 bridgehead atoms. The fraction of sp³-hybridized carbons (Fsp3) is 0.200. The molecule has 1 aliphatic heterocycles. The van der Waals surface area contributed by atoms with Gasteiger partial charge in [-0.2, -0.15) is 0 Å². The number of hydrogen-bond donors (Lipinski definition) is 4. The summed E-state index contributed by atoms with van der Waals surface area (Å²) in [7, 11) is 0. The van der Waals surface area contributed by atoms with E-state index in [4.69, 9.17) is 5.11 Å². The van der Waals surface area contributed by atoms with Crippen molar-refractivity contribution in [2.45, 2.75) is 18.9 Å². The van der Waals surface area contributed by atoms with Gasteiger partial charge in [-0.3, -0.25) is 14.9 Å². The molecule has 1 fully saturated rings. The predicted octanol–water partition coefficient (Wildman–Crippen LogP) is 1.41. The lowest BCUT2D eigenvalue weighted by atomic mass is 9.91. The van der Waals surface area contributed by atoms with Gasteiger partial charge in [-0.1, -0.05) is 24.3 Å². The van der Waals surface area contributed by atoms with Crippen LogP contribution in [-0.2, 0) is 16.8 Å². The van der Waals surface area contributed by atoms with Crippen molar-refractivity contribution >= 4 is 23.8 Å². The van der Waals surface area contributed by atoms with Crippen LogP contribution in [0.1, 0.15) is 38.8 Å². The molecule has 4 N–H and O–H groups in total. The van der Waals surface area contributed by atoms with Gasteiger partial charge in [0.15, 0.2) is 0 Å². The average Bonchev–Trinajstić information content (AvgIpc) is 2.95. The van der Waals surface area contributed by atoms with Crippen LogP contribution in [0.3, 0.4) is 0 Å². The average molecular weight is 381 g/mol. The largest absolute Gasteiger partial charge is 0.478 e. The summed E-state index contributed by atoms with van der Waals surface area (Å²) >= 11 is 0. The van der Waals surface area contributed by atoms with Gasteiger partial charge in [0.05, 0.1) is 5.56 Å². The van der Waals surface area contributed by atoms with E-state index in [2.05, 4.69) is 16.0 Å². The molecule has 0 spiro atoms. The first-order valence-electron chi connectivity index (χ1n) is 8.64. The van der Waals surface area contributed by atoms with E-state index in [9.17, 15) is 19.2 Å². The number of carbonyl (C=O) groups excluding carboxylic acids is 3. The van der Waals surface area contributed by atoms with Crippen LogP contribution in [0, 0.1) is 0 Å². The molecule has 1 saturated heterocycles. The highest BCUT2D eigenvalue weighted by Crippen LogP contribution is 2.24. The Kier molecular flexibility index (Phi) is 5.12. The minimum absolute atomic E-state index is 0.216. The summed E-state index contributed by atoms with van der Waals surface area (Å²) in [5, 5.41) is 16.4. The number of nitrogens with one attached hydrogen (secondary N) is 3. The summed E-state index contributed by atoms with van der Waals surface area (Å²) in [6, 6.07) is 12.4. The van der Waals surface area contributed by atoms with Crippen LogP contribution in [-0.4, -0.2) is 35.5 Å². The highest BCUT2D eigenvalue weighted by Gasteiger charge is 2.43. The monoisotopic (exact) mass is 381 g/mol. The van der Waals surface area contributed by atoms with Crippen molar-refractivity contribution < 1.29 is 24.3 Å². The van der Waals surface area contributed by atoms with Crippen molar-refractivity contribution in [1.29, 1.82) is 0 Å². The molecule has 2 aromatic carbocycles. The van der Waals surface area contributed by atoms with Crippen LogP contribution >= 0.6 is 0 Å². The Morgan fingerprint density at radius 2 is 1.61 bits per heavy atom.